The van der Waals surface area contributed by atoms with E-state index in [-0.39, 0.29) is 11.8 Å². The molecule has 0 amide bonds. The van der Waals surface area contributed by atoms with Crippen LogP contribution in [0.15, 0.2) is 4.99 Å². The molecule has 0 saturated heterocycles. The van der Waals surface area contributed by atoms with Gasteiger partial charge in [0.1, 0.15) is 12.6 Å². The van der Waals surface area contributed by atoms with E-state index in [0.29, 0.717) is 18.9 Å². The number of hydrogen-bond acceptors (Lipinski definition) is 3. The number of carbonyl (C=O) groups excluding carboxylic acids is 1. The van der Waals surface area contributed by atoms with Crippen LogP contribution < -0.4 is 0 Å². The molecule has 0 N–H and O–H groups in total. The van der Waals surface area contributed by atoms with Crippen molar-refractivity contribution in [1.82, 2.24) is 0 Å². The van der Waals surface area contributed by atoms with Crippen LogP contribution in [0, 0.1) is 0 Å². The molecule has 0 saturated carbocycles. The Kier molecular flexibility index (Phi) is 2.04. The van der Waals surface area contributed by atoms with Crippen molar-refractivity contribution in [3.8, 4) is 0 Å². The Morgan fingerprint density at radius 2 is 2.60 bits per heavy atom. The first-order valence-corrected chi connectivity index (χ1v) is 3.44. The van der Waals surface area contributed by atoms with Crippen molar-refractivity contribution in [3.63, 3.8) is 0 Å². The van der Waals surface area contributed by atoms with Crippen LogP contribution in [0.1, 0.15) is 20.3 Å². The maximum atomic E-state index is 11.0. The molecule has 0 aromatic rings. The fourth-order valence-corrected chi connectivity index (χ4v) is 0.894. The molecule has 1 heterocycles. The molecule has 0 fully saturated rings. The number of hydrogen-bond donors (Lipinski definition) is 0. The Balaban J connectivity index is 2.52. The van der Waals surface area contributed by atoms with Crippen molar-refractivity contribution >= 4 is 11.7 Å². The van der Waals surface area contributed by atoms with Crippen LogP contribution in [0.5, 0.6) is 0 Å². The third-order valence-electron chi connectivity index (χ3n) is 1.51. The Bertz CT molecular complexity index is 174. The maximum absolute atomic E-state index is 11.0. The number of rotatable bonds is 2. The molecule has 56 valence electrons. The SMILES string of the molecule is CCC(=O)C1COC(C)=N1. The van der Waals surface area contributed by atoms with Crippen molar-refractivity contribution in [2.45, 2.75) is 26.3 Å². The van der Waals surface area contributed by atoms with E-state index in [1.165, 1.54) is 0 Å². The van der Waals surface area contributed by atoms with E-state index in [0.717, 1.165) is 0 Å². The zero-order valence-corrected chi connectivity index (χ0v) is 6.26. The number of carbonyl (C=O) groups is 1. The second kappa shape index (κ2) is 2.82. The lowest BCUT2D eigenvalue weighted by atomic mass is 10.2. The zero-order valence-electron chi connectivity index (χ0n) is 6.26. The number of ether oxygens (including phenoxy) is 1. The molecule has 0 aromatic carbocycles. The fraction of sp³-hybridized carbons (Fsp3) is 0.714. The lowest BCUT2D eigenvalue weighted by Crippen LogP contribution is -2.18. The van der Waals surface area contributed by atoms with E-state index >= 15 is 0 Å². The standard InChI is InChI=1S/C7H11NO2/c1-3-7(9)6-4-10-5(2)8-6/h6H,3-4H2,1-2H3. The predicted molar refractivity (Wildman–Crippen MR) is 38.1 cm³/mol. The molecule has 0 bridgehead atoms. The van der Waals surface area contributed by atoms with Gasteiger partial charge in [-0.3, -0.25) is 4.79 Å². The Morgan fingerprint density at radius 3 is 3.00 bits per heavy atom. The van der Waals surface area contributed by atoms with Gasteiger partial charge >= 0.3 is 0 Å². The van der Waals surface area contributed by atoms with Crippen LogP contribution in [0.4, 0.5) is 0 Å². The summed E-state index contributed by atoms with van der Waals surface area (Å²) in [7, 11) is 0. The third kappa shape index (κ3) is 1.35. The summed E-state index contributed by atoms with van der Waals surface area (Å²) in [4.78, 5) is 15.0. The van der Waals surface area contributed by atoms with Crippen LogP contribution >= 0.6 is 0 Å². The highest BCUT2D eigenvalue weighted by Crippen LogP contribution is 2.06. The minimum absolute atomic E-state index is 0.164. The lowest BCUT2D eigenvalue weighted by Gasteiger charge is -1.98. The summed E-state index contributed by atoms with van der Waals surface area (Å²) in [5.74, 6) is 0.795. The molecule has 0 aromatic heterocycles. The average molecular weight is 141 g/mol. The first-order valence-electron chi connectivity index (χ1n) is 3.44. The van der Waals surface area contributed by atoms with Gasteiger partial charge in [0.05, 0.1) is 0 Å². The first-order chi connectivity index (χ1) is 4.74. The monoisotopic (exact) mass is 141 g/mol. The van der Waals surface area contributed by atoms with E-state index in [2.05, 4.69) is 4.99 Å². The molecule has 0 spiro atoms. The Morgan fingerprint density at radius 1 is 1.90 bits per heavy atom. The van der Waals surface area contributed by atoms with Crippen LogP contribution in [0.2, 0.25) is 0 Å². The molecule has 10 heavy (non-hydrogen) atoms. The normalized spacial score (nSPS) is 23.8. The molecule has 0 aliphatic carbocycles. The first kappa shape index (κ1) is 7.25. The predicted octanol–water partition coefficient (Wildman–Crippen LogP) is 0.783. The van der Waals surface area contributed by atoms with Gasteiger partial charge in [-0.15, -0.1) is 0 Å². The van der Waals surface area contributed by atoms with Crippen molar-refractivity contribution in [2.24, 2.45) is 4.99 Å². The third-order valence-corrected chi connectivity index (χ3v) is 1.51. The smallest absolute Gasteiger partial charge is 0.180 e. The van der Waals surface area contributed by atoms with Crippen LogP contribution in [0.3, 0.4) is 0 Å². The molecule has 0 radical (unpaired) electrons. The van der Waals surface area contributed by atoms with Gasteiger partial charge in [0.25, 0.3) is 0 Å². The van der Waals surface area contributed by atoms with Gasteiger partial charge in [-0.25, -0.2) is 4.99 Å². The summed E-state index contributed by atoms with van der Waals surface area (Å²) < 4.78 is 5.02. The number of nitrogens with zero attached hydrogens (tertiary/aromatic N) is 1. The quantitative estimate of drug-likeness (QED) is 0.570. The topological polar surface area (TPSA) is 38.7 Å². The van der Waals surface area contributed by atoms with Gasteiger partial charge in [-0.05, 0) is 0 Å². The fourth-order valence-electron chi connectivity index (χ4n) is 0.894. The number of aliphatic imine (C=N–C) groups is 1. The van der Waals surface area contributed by atoms with Crippen LogP contribution in [-0.2, 0) is 9.53 Å². The maximum Gasteiger partial charge on any atom is 0.180 e. The van der Waals surface area contributed by atoms with Crippen LogP contribution in [0.25, 0.3) is 0 Å². The van der Waals surface area contributed by atoms with Gasteiger partial charge in [0.2, 0.25) is 0 Å². The van der Waals surface area contributed by atoms with Crippen molar-refractivity contribution in [1.29, 1.82) is 0 Å². The second-order valence-electron chi connectivity index (χ2n) is 2.29. The van der Waals surface area contributed by atoms with Crippen LogP contribution in [-0.4, -0.2) is 24.3 Å². The molecular weight excluding hydrogens is 130 g/mol. The summed E-state index contributed by atoms with van der Waals surface area (Å²) >= 11 is 0. The molecule has 3 heteroatoms. The Labute approximate surface area is 60.1 Å². The largest absolute Gasteiger partial charge is 0.478 e. The molecule has 1 unspecified atom stereocenters. The number of ketones is 1. The van der Waals surface area contributed by atoms with Crippen molar-refractivity contribution in [2.75, 3.05) is 6.61 Å². The minimum Gasteiger partial charge on any atom is -0.478 e. The highest BCUT2D eigenvalue weighted by Gasteiger charge is 2.21. The molecular formula is C7H11NO2. The minimum atomic E-state index is -0.218. The van der Waals surface area contributed by atoms with E-state index < -0.39 is 0 Å². The zero-order chi connectivity index (χ0) is 7.56. The van der Waals surface area contributed by atoms with E-state index in [1.807, 2.05) is 6.92 Å². The van der Waals surface area contributed by atoms with Crippen molar-refractivity contribution in [3.05, 3.63) is 0 Å². The number of Topliss-reactive ketones (excluding diaryl/α,β-unsaturated/α-hetero) is 1. The summed E-state index contributed by atoms with van der Waals surface area (Å²) in [6, 6.07) is -0.218. The Hall–Kier alpha value is -0.860. The second-order valence-corrected chi connectivity index (χ2v) is 2.29. The lowest BCUT2D eigenvalue weighted by molar-refractivity contribution is -0.120. The van der Waals surface area contributed by atoms with E-state index in [4.69, 9.17) is 4.74 Å². The summed E-state index contributed by atoms with van der Waals surface area (Å²) in [6.07, 6.45) is 0.546. The molecule has 1 aliphatic heterocycles. The van der Waals surface area contributed by atoms with Gasteiger partial charge in [-0.2, -0.15) is 0 Å². The summed E-state index contributed by atoms with van der Waals surface area (Å²) in [5.41, 5.74) is 0. The highest BCUT2D eigenvalue weighted by atomic mass is 16.5. The highest BCUT2D eigenvalue weighted by molar-refractivity contribution is 5.88. The van der Waals surface area contributed by atoms with Gasteiger partial charge in [0.15, 0.2) is 11.7 Å². The average Bonchev–Trinajstić information content (AvgIpc) is 2.34. The molecule has 1 rings (SSSR count). The molecule has 1 aliphatic rings. The summed E-state index contributed by atoms with van der Waals surface area (Å²) in [5, 5.41) is 0. The van der Waals surface area contributed by atoms with E-state index in [9.17, 15) is 4.79 Å². The van der Waals surface area contributed by atoms with Gasteiger partial charge in [-0.1, -0.05) is 6.92 Å². The van der Waals surface area contributed by atoms with Gasteiger partial charge < -0.3 is 4.74 Å². The van der Waals surface area contributed by atoms with Crippen molar-refractivity contribution < 1.29 is 9.53 Å². The molecule has 3 nitrogen and oxygen atoms in total. The van der Waals surface area contributed by atoms with Gasteiger partial charge in [0, 0.05) is 13.3 Å². The summed E-state index contributed by atoms with van der Waals surface area (Å²) in [6.45, 7) is 4.05. The molecule has 1 atom stereocenters. The van der Waals surface area contributed by atoms with E-state index in [1.54, 1.807) is 6.92 Å².